The maximum absolute atomic E-state index is 6.04. The number of nitrogens with zero attached hydrogens (tertiary/aromatic N) is 5. The van der Waals surface area contributed by atoms with Gasteiger partial charge in [0.15, 0.2) is 0 Å². The lowest BCUT2D eigenvalue weighted by molar-refractivity contribution is 1.09. The number of anilines is 1. The molecule has 0 unspecified atom stereocenters. The Balaban J connectivity index is 2.05. The van der Waals surface area contributed by atoms with E-state index in [1.165, 1.54) is 0 Å². The van der Waals surface area contributed by atoms with Crippen molar-refractivity contribution in [2.75, 3.05) is 5.73 Å². The Bertz CT molecular complexity index is 1030. The van der Waals surface area contributed by atoms with Crippen molar-refractivity contribution in [3.8, 4) is 22.4 Å². The second kappa shape index (κ2) is 5.42. The summed E-state index contributed by atoms with van der Waals surface area (Å²) in [5.74, 6) is 0.397. The van der Waals surface area contributed by atoms with E-state index in [-0.39, 0.29) is 0 Å². The lowest BCUT2D eigenvalue weighted by atomic mass is 10.0. The summed E-state index contributed by atoms with van der Waals surface area (Å²) in [6.07, 6.45) is 7.08. The molecule has 6 nitrogen and oxygen atoms in total. The maximum Gasteiger partial charge on any atom is 0.206 e. The fourth-order valence-electron chi connectivity index (χ4n) is 2.82. The summed E-state index contributed by atoms with van der Waals surface area (Å²) in [4.78, 5) is 17.6. The molecule has 0 fully saturated rings. The SMILES string of the molecule is Cc1ccc(-c2ncn3c(N)ncc(-c4cccnc4C)c23)cn1. The van der Waals surface area contributed by atoms with E-state index in [4.69, 9.17) is 5.73 Å². The zero-order valence-electron chi connectivity index (χ0n) is 13.4. The molecule has 0 aromatic carbocycles. The minimum Gasteiger partial charge on any atom is -0.369 e. The van der Waals surface area contributed by atoms with Crippen LogP contribution in [0.25, 0.3) is 27.9 Å². The summed E-state index contributed by atoms with van der Waals surface area (Å²) in [7, 11) is 0. The molecule has 0 aliphatic carbocycles. The number of aromatic nitrogens is 5. The fraction of sp³-hybridized carbons (Fsp3) is 0.111. The van der Waals surface area contributed by atoms with Crippen molar-refractivity contribution in [3.05, 3.63) is 60.6 Å². The monoisotopic (exact) mass is 316 g/mol. The van der Waals surface area contributed by atoms with E-state index < -0.39 is 0 Å². The van der Waals surface area contributed by atoms with Gasteiger partial charge in [-0.25, -0.2) is 9.97 Å². The van der Waals surface area contributed by atoms with Crippen molar-refractivity contribution < 1.29 is 0 Å². The highest BCUT2D eigenvalue weighted by molar-refractivity contribution is 5.92. The van der Waals surface area contributed by atoms with Gasteiger partial charge in [-0.15, -0.1) is 0 Å². The molecule has 6 heteroatoms. The van der Waals surface area contributed by atoms with Crippen LogP contribution in [0.1, 0.15) is 11.4 Å². The van der Waals surface area contributed by atoms with Gasteiger partial charge in [-0.1, -0.05) is 6.07 Å². The maximum atomic E-state index is 6.04. The molecule has 0 aliphatic rings. The van der Waals surface area contributed by atoms with Crippen LogP contribution in [-0.4, -0.2) is 24.3 Å². The molecule has 4 aromatic heterocycles. The van der Waals surface area contributed by atoms with E-state index >= 15 is 0 Å². The Morgan fingerprint density at radius 1 is 0.917 bits per heavy atom. The van der Waals surface area contributed by atoms with Gasteiger partial charge in [0.2, 0.25) is 5.95 Å². The molecule has 4 heterocycles. The molecule has 0 aliphatic heterocycles. The number of nitrogen functional groups attached to an aromatic ring is 1. The van der Waals surface area contributed by atoms with Gasteiger partial charge in [-0.05, 0) is 32.0 Å². The van der Waals surface area contributed by atoms with Crippen LogP contribution >= 0.6 is 0 Å². The smallest absolute Gasteiger partial charge is 0.206 e. The quantitative estimate of drug-likeness (QED) is 0.614. The van der Waals surface area contributed by atoms with E-state index in [0.717, 1.165) is 39.3 Å². The summed E-state index contributed by atoms with van der Waals surface area (Å²) in [5.41, 5.74) is 12.6. The number of pyridine rings is 2. The molecule has 4 aromatic rings. The predicted octanol–water partition coefficient (Wildman–Crippen LogP) is 3.05. The van der Waals surface area contributed by atoms with Crippen molar-refractivity contribution in [1.82, 2.24) is 24.3 Å². The first-order valence-electron chi connectivity index (χ1n) is 7.61. The highest BCUT2D eigenvalue weighted by Crippen LogP contribution is 2.33. The molecule has 0 amide bonds. The minimum absolute atomic E-state index is 0.397. The third-order valence-corrected chi connectivity index (χ3v) is 4.08. The largest absolute Gasteiger partial charge is 0.369 e. The number of imidazole rings is 1. The van der Waals surface area contributed by atoms with Gasteiger partial charge >= 0.3 is 0 Å². The Hall–Kier alpha value is -3.28. The second-order valence-electron chi connectivity index (χ2n) is 5.67. The first-order valence-corrected chi connectivity index (χ1v) is 7.61. The van der Waals surface area contributed by atoms with Gasteiger partial charge in [0.25, 0.3) is 0 Å². The molecule has 0 radical (unpaired) electrons. The van der Waals surface area contributed by atoms with Gasteiger partial charge < -0.3 is 5.73 Å². The summed E-state index contributed by atoms with van der Waals surface area (Å²) in [6, 6.07) is 7.93. The van der Waals surface area contributed by atoms with E-state index in [9.17, 15) is 0 Å². The number of aryl methyl sites for hydroxylation is 2. The molecule has 0 saturated heterocycles. The third-order valence-electron chi connectivity index (χ3n) is 4.08. The number of rotatable bonds is 2. The molecule has 24 heavy (non-hydrogen) atoms. The molecule has 118 valence electrons. The number of hydrogen-bond donors (Lipinski definition) is 1. The van der Waals surface area contributed by atoms with Crippen LogP contribution in [0.4, 0.5) is 5.95 Å². The molecule has 0 atom stereocenters. The highest BCUT2D eigenvalue weighted by atomic mass is 15.1. The molecular formula is C18H16N6. The van der Waals surface area contributed by atoms with Crippen molar-refractivity contribution in [2.24, 2.45) is 0 Å². The first kappa shape index (κ1) is 14.3. The predicted molar refractivity (Wildman–Crippen MR) is 93.3 cm³/mol. The van der Waals surface area contributed by atoms with Crippen LogP contribution in [0.5, 0.6) is 0 Å². The average molecular weight is 316 g/mol. The molecule has 0 spiro atoms. The van der Waals surface area contributed by atoms with Gasteiger partial charge in [-0.3, -0.25) is 14.4 Å². The highest BCUT2D eigenvalue weighted by Gasteiger charge is 2.16. The van der Waals surface area contributed by atoms with Gasteiger partial charge in [-0.2, -0.15) is 0 Å². The van der Waals surface area contributed by atoms with E-state index in [2.05, 4.69) is 19.9 Å². The van der Waals surface area contributed by atoms with Gasteiger partial charge in [0.05, 0.1) is 11.2 Å². The summed E-state index contributed by atoms with van der Waals surface area (Å²) < 4.78 is 1.80. The van der Waals surface area contributed by atoms with E-state index in [1.54, 1.807) is 23.1 Å². The second-order valence-corrected chi connectivity index (χ2v) is 5.67. The summed E-state index contributed by atoms with van der Waals surface area (Å²) >= 11 is 0. The molecular weight excluding hydrogens is 300 g/mol. The topological polar surface area (TPSA) is 82.0 Å². The molecule has 2 N–H and O–H groups in total. The first-order chi connectivity index (χ1) is 11.6. The van der Waals surface area contributed by atoms with Crippen LogP contribution in [0.3, 0.4) is 0 Å². The zero-order valence-corrected chi connectivity index (χ0v) is 13.4. The van der Waals surface area contributed by atoms with Crippen LogP contribution in [0, 0.1) is 13.8 Å². The third kappa shape index (κ3) is 2.20. The lowest BCUT2D eigenvalue weighted by Gasteiger charge is -2.10. The summed E-state index contributed by atoms with van der Waals surface area (Å²) in [6.45, 7) is 3.94. The number of nitrogens with two attached hydrogens (primary N) is 1. The van der Waals surface area contributed by atoms with Gasteiger partial charge in [0, 0.05) is 46.7 Å². The van der Waals surface area contributed by atoms with Crippen molar-refractivity contribution >= 4 is 11.5 Å². The Morgan fingerprint density at radius 3 is 2.54 bits per heavy atom. The Morgan fingerprint density at radius 2 is 1.79 bits per heavy atom. The minimum atomic E-state index is 0.397. The Labute approximate surface area is 139 Å². The van der Waals surface area contributed by atoms with E-state index in [0.29, 0.717) is 5.95 Å². The standard InChI is InChI=1S/C18H16N6/c1-11-5-6-13(8-21-11)16-17-15(14-4-3-7-20-12(14)2)9-22-18(19)24(17)10-23-16/h3-10H,1-2H3,(H2,19,22). The molecule has 0 saturated carbocycles. The van der Waals surface area contributed by atoms with Crippen LogP contribution in [0.15, 0.2) is 49.2 Å². The molecule has 4 rings (SSSR count). The average Bonchev–Trinajstić information content (AvgIpc) is 3.03. The fourth-order valence-corrected chi connectivity index (χ4v) is 2.82. The van der Waals surface area contributed by atoms with Crippen molar-refractivity contribution in [2.45, 2.75) is 13.8 Å². The van der Waals surface area contributed by atoms with Crippen molar-refractivity contribution in [1.29, 1.82) is 0 Å². The number of hydrogen-bond acceptors (Lipinski definition) is 5. The normalized spacial score (nSPS) is 11.1. The Kier molecular flexibility index (Phi) is 3.23. The van der Waals surface area contributed by atoms with Gasteiger partial charge in [0.1, 0.15) is 6.33 Å². The van der Waals surface area contributed by atoms with Crippen LogP contribution in [-0.2, 0) is 0 Å². The zero-order chi connectivity index (χ0) is 16.7. The molecule has 0 bridgehead atoms. The van der Waals surface area contributed by atoms with E-state index in [1.807, 2.05) is 44.3 Å². The van der Waals surface area contributed by atoms with Crippen LogP contribution in [0.2, 0.25) is 0 Å². The van der Waals surface area contributed by atoms with Crippen molar-refractivity contribution in [3.63, 3.8) is 0 Å². The number of fused-ring (bicyclic) bond motifs is 1. The van der Waals surface area contributed by atoms with Crippen LogP contribution < -0.4 is 5.73 Å². The lowest BCUT2D eigenvalue weighted by Crippen LogP contribution is -2.01. The summed E-state index contributed by atoms with van der Waals surface area (Å²) in [5, 5.41) is 0.